The van der Waals surface area contributed by atoms with Gasteiger partial charge in [0.25, 0.3) is 0 Å². The molecule has 1 aromatic heterocycles. The predicted octanol–water partition coefficient (Wildman–Crippen LogP) is 2.45. The van der Waals surface area contributed by atoms with Crippen molar-refractivity contribution < 1.29 is 9.52 Å². The molecule has 0 fully saturated rings. The van der Waals surface area contributed by atoms with Crippen molar-refractivity contribution in [1.82, 2.24) is 0 Å². The van der Waals surface area contributed by atoms with E-state index < -0.39 is 6.10 Å². The van der Waals surface area contributed by atoms with E-state index in [1.54, 1.807) is 19.3 Å². The zero-order chi connectivity index (χ0) is 9.14. The van der Waals surface area contributed by atoms with Crippen LogP contribution in [0.25, 0.3) is 0 Å². The summed E-state index contributed by atoms with van der Waals surface area (Å²) in [5, 5.41) is 9.64. The largest absolute Gasteiger partial charge is 0.469 e. The Balaban J connectivity index is 2.93. The Labute approximate surface area is 72.5 Å². The third-order valence-corrected chi connectivity index (χ3v) is 1.86. The highest BCUT2D eigenvalue weighted by Crippen LogP contribution is 2.24. The van der Waals surface area contributed by atoms with Crippen LogP contribution >= 0.6 is 0 Å². The molecule has 1 aromatic rings. The van der Waals surface area contributed by atoms with Crippen LogP contribution < -0.4 is 0 Å². The van der Waals surface area contributed by atoms with Gasteiger partial charge in [-0.1, -0.05) is 13.5 Å². The Bertz CT molecular complexity index is 273. The van der Waals surface area contributed by atoms with Crippen LogP contribution in [0.15, 0.2) is 28.9 Å². The van der Waals surface area contributed by atoms with Crippen LogP contribution in [0, 0.1) is 0 Å². The molecule has 1 atom stereocenters. The first-order valence-electron chi connectivity index (χ1n) is 4.06. The Morgan fingerprint density at radius 2 is 2.42 bits per heavy atom. The van der Waals surface area contributed by atoms with E-state index >= 15 is 0 Å². The topological polar surface area (TPSA) is 33.4 Å². The summed E-state index contributed by atoms with van der Waals surface area (Å²) in [7, 11) is 0. The van der Waals surface area contributed by atoms with Crippen LogP contribution in [0.4, 0.5) is 0 Å². The van der Waals surface area contributed by atoms with Gasteiger partial charge in [0, 0.05) is 12.0 Å². The van der Waals surface area contributed by atoms with E-state index in [9.17, 15) is 5.11 Å². The molecule has 1 rings (SSSR count). The average Bonchev–Trinajstić information content (AvgIpc) is 2.49. The summed E-state index contributed by atoms with van der Waals surface area (Å²) in [6.07, 6.45) is 1.81. The second kappa shape index (κ2) is 3.59. The van der Waals surface area contributed by atoms with Gasteiger partial charge in [0.2, 0.25) is 0 Å². The Kier molecular flexibility index (Phi) is 2.71. The van der Waals surface area contributed by atoms with E-state index in [4.69, 9.17) is 4.42 Å². The van der Waals surface area contributed by atoms with Crippen LogP contribution in [0.5, 0.6) is 0 Å². The van der Waals surface area contributed by atoms with Gasteiger partial charge < -0.3 is 9.52 Å². The number of aliphatic hydroxyl groups excluding tert-OH is 1. The monoisotopic (exact) mass is 166 g/mol. The van der Waals surface area contributed by atoms with E-state index in [0.717, 1.165) is 23.3 Å². The molecule has 0 aliphatic heterocycles. The molecule has 2 heteroatoms. The quantitative estimate of drug-likeness (QED) is 0.700. The Morgan fingerprint density at radius 3 is 2.92 bits per heavy atom. The summed E-state index contributed by atoms with van der Waals surface area (Å²) in [5.41, 5.74) is 1.58. The number of furan rings is 1. The minimum absolute atomic E-state index is 0.585. The fraction of sp³-hybridized carbons (Fsp3) is 0.400. The number of hydrogen-bond donors (Lipinski definition) is 1. The molecule has 66 valence electrons. The number of hydrogen-bond acceptors (Lipinski definition) is 2. The molecule has 0 aliphatic carbocycles. The summed E-state index contributed by atoms with van der Waals surface area (Å²) < 4.78 is 5.18. The van der Waals surface area contributed by atoms with Crippen molar-refractivity contribution in [2.45, 2.75) is 26.4 Å². The molecule has 0 bridgehead atoms. The highest BCUT2D eigenvalue weighted by molar-refractivity contribution is 5.25. The lowest BCUT2D eigenvalue weighted by Crippen LogP contribution is -1.99. The van der Waals surface area contributed by atoms with Gasteiger partial charge >= 0.3 is 0 Å². The van der Waals surface area contributed by atoms with Crippen LogP contribution in [0.3, 0.4) is 0 Å². The summed E-state index contributed by atoms with van der Waals surface area (Å²) in [4.78, 5) is 0. The smallest absolute Gasteiger partial charge is 0.109 e. The van der Waals surface area contributed by atoms with Crippen molar-refractivity contribution >= 4 is 0 Å². The molecule has 1 heterocycles. The minimum atomic E-state index is -0.585. The molecule has 0 spiro atoms. The van der Waals surface area contributed by atoms with E-state index in [1.165, 1.54) is 0 Å². The van der Waals surface area contributed by atoms with Gasteiger partial charge in [-0.2, -0.15) is 0 Å². The number of aliphatic hydroxyl groups is 1. The van der Waals surface area contributed by atoms with Crippen molar-refractivity contribution in [1.29, 1.82) is 0 Å². The van der Waals surface area contributed by atoms with E-state index in [2.05, 4.69) is 6.58 Å². The zero-order valence-electron chi connectivity index (χ0n) is 7.50. The second-order valence-corrected chi connectivity index (χ2v) is 2.90. The van der Waals surface area contributed by atoms with Gasteiger partial charge in [-0.15, -0.1) is 0 Å². The van der Waals surface area contributed by atoms with Gasteiger partial charge in [-0.05, 0) is 18.6 Å². The molecule has 0 saturated heterocycles. The highest BCUT2D eigenvalue weighted by Gasteiger charge is 2.13. The maximum Gasteiger partial charge on any atom is 0.109 e. The number of rotatable bonds is 3. The molecule has 1 unspecified atom stereocenters. The maximum absolute atomic E-state index is 9.64. The normalized spacial score (nSPS) is 12.9. The summed E-state index contributed by atoms with van der Waals surface area (Å²) in [6.45, 7) is 7.49. The van der Waals surface area contributed by atoms with E-state index in [-0.39, 0.29) is 0 Å². The zero-order valence-corrected chi connectivity index (χ0v) is 7.50. The van der Waals surface area contributed by atoms with Crippen LogP contribution in [-0.4, -0.2) is 5.11 Å². The van der Waals surface area contributed by atoms with Crippen LogP contribution in [0.2, 0.25) is 0 Å². The lowest BCUT2D eigenvalue weighted by atomic mass is 10.0. The SMILES string of the molecule is C=C(C)C(O)c1ccoc1CC. The van der Waals surface area contributed by atoms with Crippen molar-refractivity contribution in [3.63, 3.8) is 0 Å². The molecule has 0 saturated carbocycles. The Hall–Kier alpha value is -1.02. The third kappa shape index (κ3) is 1.59. The first kappa shape index (κ1) is 9.07. The lowest BCUT2D eigenvalue weighted by Gasteiger charge is -2.08. The van der Waals surface area contributed by atoms with Gasteiger partial charge in [-0.3, -0.25) is 0 Å². The highest BCUT2D eigenvalue weighted by atomic mass is 16.3. The van der Waals surface area contributed by atoms with Crippen LogP contribution in [0.1, 0.15) is 31.3 Å². The van der Waals surface area contributed by atoms with Crippen LogP contribution in [-0.2, 0) is 6.42 Å². The van der Waals surface area contributed by atoms with Crippen molar-refractivity contribution in [3.8, 4) is 0 Å². The fourth-order valence-electron chi connectivity index (χ4n) is 1.15. The number of aryl methyl sites for hydroxylation is 1. The Morgan fingerprint density at radius 1 is 1.75 bits per heavy atom. The molecule has 0 amide bonds. The standard InChI is InChI=1S/C10H14O2/c1-4-9-8(5-6-12-9)10(11)7(2)3/h5-6,10-11H,2,4H2,1,3H3. The molecule has 0 radical (unpaired) electrons. The first-order chi connectivity index (χ1) is 5.66. The first-order valence-corrected chi connectivity index (χ1v) is 4.06. The van der Waals surface area contributed by atoms with E-state index in [1.807, 2.05) is 6.92 Å². The summed E-state index contributed by atoms with van der Waals surface area (Å²) in [6, 6.07) is 1.79. The van der Waals surface area contributed by atoms with Crippen molar-refractivity contribution in [3.05, 3.63) is 35.8 Å². The van der Waals surface area contributed by atoms with Gasteiger partial charge in [0.05, 0.1) is 6.26 Å². The van der Waals surface area contributed by atoms with Crippen molar-refractivity contribution in [2.75, 3.05) is 0 Å². The molecule has 2 nitrogen and oxygen atoms in total. The molecule has 12 heavy (non-hydrogen) atoms. The van der Waals surface area contributed by atoms with E-state index in [0.29, 0.717) is 0 Å². The second-order valence-electron chi connectivity index (χ2n) is 2.90. The average molecular weight is 166 g/mol. The third-order valence-electron chi connectivity index (χ3n) is 1.86. The van der Waals surface area contributed by atoms with Gasteiger partial charge in [-0.25, -0.2) is 0 Å². The lowest BCUT2D eigenvalue weighted by molar-refractivity contribution is 0.213. The molecular formula is C10H14O2. The molecule has 0 aliphatic rings. The predicted molar refractivity (Wildman–Crippen MR) is 47.9 cm³/mol. The molecule has 0 aromatic carbocycles. The molecular weight excluding hydrogens is 152 g/mol. The van der Waals surface area contributed by atoms with Gasteiger partial charge in [0.15, 0.2) is 0 Å². The summed E-state index contributed by atoms with van der Waals surface area (Å²) in [5.74, 6) is 0.838. The van der Waals surface area contributed by atoms with Gasteiger partial charge in [0.1, 0.15) is 11.9 Å². The maximum atomic E-state index is 9.64. The molecule has 1 N–H and O–H groups in total. The minimum Gasteiger partial charge on any atom is -0.469 e. The summed E-state index contributed by atoms with van der Waals surface area (Å²) >= 11 is 0. The fourth-order valence-corrected chi connectivity index (χ4v) is 1.15. The van der Waals surface area contributed by atoms with Crippen molar-refractivity contribution in [2.24, 2.45) is 0 Å².